The van der Waals surface area contributed by atoms with Crippen LogP contribution in [-0.2, 0) is 11.3 Å². The fourth-order valence-electron chi connectivity index (χ4n) is 0.995. The number of carbonyl (C=O) groups excluding carboxylic acids is 1. The highest BCUT2D eigenvalue weighted by atomic mass is 16.5. The van der Waals surface area contributed by atoms with Crippen LogP contribution in [0.15, 0.2) is 6.33 Å². The summed E-state index contributed by atoms with van der Waals surface area (Å²) < 4.78 is 1.60. The van der Waals surface area contributed by atoms with Crippen LogP contribution in [-0.4, -0.2) is 43.4 Å². The minimum atomic E-state index is -0.276. The summed E-state index contributed by atoms with van der Waals surface area (Å²) in [6, 6.07) is 0. The third kappa shape index (κ3) is 3.48. The van der Waals surface area contributed by atoms with E-state index >= 15 is 0 Å². The number of hydrogen-bond acceptors (Lipinski definition) is 5. The molecule has 1 N–H and O–H groups in total. The molecule has 1 aromatic heterocycles. The molecule has 0 saturated carbocycles. The maximum Gasteiger partial charge on any atom is 0.245 e. The number of aryl methyl sites for hydroxylation is 1. The Morgan fingerprint density at radius 1 is 1.57 bits per heavy atom. The van der Waals surface area contributed by atoms with Gasteiger partial charge in [-0.15, -0.1) is 5.10 Å². The van der Waals surface area contributed by atoms with Gasteiger partial charge in [0.25, 0.3) is 0 Å². The van der Waals surface area contributed by atoms with Crippen molar-refractivity contribution in [1.82, 2.24) is 25.3 Å². The first-order chi connectivity index (χ1) is 6.70. The summed E-state index contributed by atoms with van der Waals surface area (Å²) in [7, 11) is 1.32. The zero-order valence-electron chi connectivity index (χ0n) is 8.00. The molecule has 0 aliphatic carbocycles. The van der Waals surface area contributed by atoms with Gasteiger partial charge in [-0.1, -0.05) is 0 Å². The number of tetrazole rings is 1. The van der Waals surface area contributed by atoms with Crippen molar-refractivity contribution in [3.05, 3.63) is 6.33 Å². The number of nitrogens with zero attached hydrogens (tertiary/aromatic N) is 5. The zero-order valence-corrected chi connectivity index (χ0v) is 8.00. The lowest BCUT2D eigenvalue weighted by atomic mass is 10.2. The maximum absolute atomic E-state index is 10.9. The number of hydrogen-bond donors (Lipinski definition) is 1. The van der Waals surface area contributed by atoms with Crippen molar-refractivity contribution in [1.29, 1.82) is 0 Å². The number of rotatable bonds is 5. The molecule has 0 bridgehead atoms. The second-order valence-corrected chi connectivity index (χ2v) is 2.95. The quantitative estimate of drug-likeness (QED) is 0.399. The summed E-state index contributed by atoms with van der Waals surface area (Å²) in [6.07, 6.45) is 3.39. The molecule has 1 aromatic rings. The molecule has 0 aliphatic rings. The first-order valence-electron chi connectivity index (χ1n) is 4.36. The molecule has 7 nitrogen and oxygen atoms in total. The van der Waals surface area contributed by atoms with Crippen LogP contribution in [0.1, 0.15) is 19.3 Å². The van der Waals surface area contributed by atoms with Crippen molar-refractivity contribution in [3.63, 3.8) is 0 Å². The zero-order chi connectivity index (χ0) is 10.4. The van der Waals surface area contributed by atoms with Gasteiger partial charge in [-0.3, -0.25) is 10.0 Å². The fourth-order valence-corrected chi connectivity index (χ4v) is 0.995. The molecule has 7 heteroatoms. The molecule has 1 rings (SSSR count). The summed E-state index contributed by atoms with van der Waals surface area (Å²) in [4.78, 5) is 10.9. The summed E-state index contributed by atoms with van der Waals surface area (Å²) in [6.45, 7) is 0.690. The lowest BCUT2D eigenvalue weighted by Gasteiger charge is -2.07. The molecular weight excluding hydrogens is 186 g/mol. The van der Waals surface area contributed by atoms with Gasteiger partial charge in [-0.25, -0.2) is 9.75 Å². The van der Waals surface area contributed by atoms with Crippen molar-refractivity contribution < 1.29 is 10.0 Å². The molecule has 0 aliphatic heterocycles. The molecule has 14 heavy (non-hydrogen) atoms. The third-order valence-corrected chi connectivity index (χ3v) is 1.78. The summed E-state index contributed by atoms with van der Waals surface area (Å²) in [5.74, 6) is -0.276. The predicted molar refractivity (Wildman–Crippen MR) is 46.2 cm³/mol. The van der Waals surface area contributed by atoms with Crippen LogP contribution in [0, 0.1) is 0 Å². The second kappa shape index (κ2) is 5.28. The Labute approximate surface area is 81.3 Å². The van der Waals surface area contributed by atoms with Crippen LogP contribution < -0.4 is 0 Å². The molecule has 1 heterocycles. The molecule has 0 saturated heterocycles. The van der Waals surface area contributed by atoms with E-state index in [1.807, 2.05) is 0 Å². The van der Waals surface area contributed by atoms with E-state index in [0.717, 1.165) is 6.42 Å². The predicted octanol–water partition coefficient (Wildman–Crippen LogP) is -0.309. The summed E-state index contributed by atoms with van der Waals surface area (Å²) >= 11 is 0. The first-order valence-corrected chi connectivity index (χ1v) is 4.36. The normalized spacial score (nSPS) is 10.1. The smallest absolute Gasteiger partial charge is 0.245 e. The number of hydroxylamine groups is 2. The van der Waals surface area contributed by atoms with Gasteiger partial charge in [-0.05, 0) is 23.3 Å². The highest BCUT2D eigenvalue weighted by Gasteiger charge is 2.04. The Morgan fingerprint density at radius 3 is 2.93 bits per heavy atom. The summed E-state index contributed by atoms with van der Waals surface area (Å²) in [5, 5.41) is 20.0. The van der Waals surface area contributed by atoms with Crippen molar-refractivity contribution >= 4 is 5.91 Å². The largest absolute Gasteiger partial charge is 0.286 e. The van der Waals surface area contributed by atoms with E-state index < -0.39 is 0 Å². The SMILES string of the molecule is CN(O)C(=O)CCCCn1cnnn1. The monoisotopic (exact) mass is 199 g/mol. The van der Waals surface area contributed by atoms with Crippen LogP contribution >= 0.6 is 0 Å². The number of aromatic nitrogens is 4. The van der Waals surface area contributed by atoms with Gasteiger partial charge < -0.3 is 0 Å². The molecule has 0 radical (unpaired) electrons. The van der Waals surface area contributed by atoms with E-state index in [-0.39, 0.29) is 5.91 Å². The van der Waals surface area contributed by atoms with Crippen LogP contribution in [0.4, 0.5) is 0 Å². The Bertz CT molecular complexity index is 272. The molecule has 0 aromatic carbocycles. The highest BCUT2D eigenvalue weighted by molar-refractivity contribution is 5.74. The van der Waals surface area contributed by atoms with Gasteiger partial charge in [0.2, 0.25) is 5.91 Å². The van der Waals surface area contributed by atoms with E-state index in [2.05, 4.69) is 15.5 Å². The molecule has 0 unspecified atom stereocenters. The van der Waals surface area contributed by atoms with Gasteiger partial charge in [0.1, 0.15) is 6.33 Å². The minimum absolute atomic E-state index is 0.276. The molecular formula is C7H13N5O2. The van der Waals surface area contributed by atoms with Gasteiger partial charge >= 0.3 is 0 Å². The number of amides is 1. The minimum Gasteiger partial charge on any atom is -0.286 e. The van der Waals surface area contributed by atoms with Crippen molar-refractivity contribution in [2.45, 2.75) is 25.8 Å². The summed E-state index contributed by atoms with van der Waals surface area (Å²) in [5.41, 5.74) is 0. The Kier molecular flexibility index (Phi) is 3.99. The van der Waals surface area contributed by atoms with Crippen molar-refractivity contribution in [3.8, 4) is 0 Å². The van der Waals surface area contributed by atoms with Gasteiger partial charge in [0, 0.05) is 20.0 Å². The average molecular weight is 199 g/mol. The standard InChI is InChI=1S/C7H13N5O2/c1-11(14)7(13)4-2-3-5-12-6-8-9-10-12/h6,14H,2-5H2,1H3. The second-order valence-electron chi connectivity index (χ2n) is 2.95. The molecule has 0 atom stereocenters. The average Bonchev–Trinajstić information content (AvgIpc) is 2.64. The Morgan fingerprint density at radius 2 is 2.36 bits per heavy atom. The van der Waals surface area contributed by atoms with Crippen LogP contribution in [0.5, 0.6) is 0 Å². The van der Waals surface area contributed by atoms with Crippen molar-refractivity contribution in [2.75, 3.05) is 7.05 Å². The van der Waals surface area contributed by atoms with Gasteiger partial charge in [-0.2, -0.15) is 0 Å². The van der Waals surface area contributed by atoms with Crippen molar-refractivity contribution in [2.24, 2.45) is 0 Å². The van der Waals surface area contributed by atoms with E-state index in [0.29, 0.717) is 24.4 Å². The van der Waals surface area contributed by atoms with Gasteiger partial charge in [0.05, 0.1) is 0 Å². The van der Waals surface area contributed by atoms with E-state index in [9.17, 15) is 4.79 Å². The Balaban J connectivity index is 2.08. The fraction of sp³-hybridized carbons (Fsp3) is 0.714. The molecule has 1 amide bonds. The van der Waals surface area contributed by atoms with Crippen LogP contribution in [0.25, 0.3) is 0 Å². The molecule has 78 valence electrons. The number of unbranched alkanes of at least 4 members (excludes halogenated alkanes) is 1. The Hall–Kier alpha value is -1.50. The lowest BCUT2D eigenvalue weighted by Crippen LogP contribution is -2.21. The van der Waals surface area contributed by atoms with E-state index in [1.165, 1.54) is 13.4 Å². The maximum atomic E-state index is 10.9. The number of carbonyl (C=O) groups is 1. The van der Waals surface area contributed by atoms with Crippen LogP contribution in [0.2, 0.25) is 0 Å². The van der Waals surface area contributed by atoms with Gasteiger partial charge in [0.15, 0.2) is 0 Å². The molecule has 0 fully saturated rings. The van der Waals surface area contributed by atoms with E-state index in [1.54, 1.807) is 4.68 Å². The topological polar surface area (TPSA) is 84.1 Å². The third-order valence-electron chi connectivity index (χ3n) is 1.78. The van der Waals surface area contributed by atoms with Crippen LogP contribution in [0.3, 0.4) is 0 Å². The van der Waals surface area contributed by atoms with E-state index in [4.69, 9.17) is 5.21 Å². The lowest BCUT2D eigenvalue weighted by molar-refractivity contribution is -0.159. The highest BCUT2D eigenvalue weighted by Crippen LogP contribution is 1.99. The first kappa shape index (κ1) is 10.6. The molecule has 0 spiro atoms.